The van der Waals surface area contributed by atoms with Crippen molar-refractivity contribution in [2.45, 2.75) is 254 Å². The SMILES string of the molecule is CCCCC[C@H]1NC(=O)C[C@H](Cc2ccccc2)NC(=O)[C@H](CCCCN)NC(=O)[C@H]([C@@H](C)CC)NC(=O)[C@@H](NC2OC2[C@@H]2CCCN2C(=O)[C@@H](NC(=O)[C@H](Cc2cnc[nH]2)NC(=O)[C@@H](NC(=O)[C@H](CCC(=O)O)NC(=O)CC(C)C)[C@@H](C)O)C(c2ccccc2)c2ccccc2)CSSC(C)(C)[C@@H](C(N)=O)NC1=O. The van der Waals surface area contributed by atoms with Gasteiger partial charge >= 0.3 is 5.97 Å². The summed E-state index contributed by atoms with van der Waals surface area (Å²) in [6, 6.07) is 13.7. The number of carbonyl (C=O) groups excluding carboxylic acids is 11. The van der Waals surface area contributed by atoms with Crippen LogP contribution in [0.1, 0.15) is 174 Å². The molecule has 15 atom stereocenters. The third kappa shape index (κ3) is 26.9. The third-order valence-electron chi connectivity index (χ3n) is 19.9. The van der Waals surface area contributed by atoms with Gasteiger partial charge in [-0.15, -0.1) is 0 Å². The zero-order chi connectivity index (χ0) is 80.2. The molecule has 110 heavy (non-hydrogen) atoms. The lowest BCUT2D eigenvalue weighted by Crippen LogP contribution is -2.62. The first-order chi connectivity index (χ1) is 52.5. The number of unbranched alkanes of at least 4 members (excludes halogenated alkanes) is 3. The van der Waals surface area contributed by atoms with Crippen molar-refractivity contribution < 1.29 is 72.5 Å². The Bertz CT molecular complexity index is 3660. The fourth-order valence-corrected chi connectivity index (χ4v) is 16.6. The number of carboxylic acid groups (broad SMARTS) is 1. The molecule has 7 rings (SSSR count). The second-order valence-corrected chi connectivity index (χ2v) is 32.7. The lowest BCUT2D eigenvalue weighted by molar-refractivity contribution is -0.140. The van der Waals surface area contributed by atoms with Crippen LogP contribution in [-0.2, 0) is 75.1 Å². The Labute approximate surface area is 651 Å². The Kier molecular flexibility index (Phi) is 35.0. The number of hydrogen-bond donors (Lipinski definition) is 15. The largest absolute Gasteiger partial charge is 0.481 e. The second-order valence-electron chi connectivity index (χ2n) is 29.7. The molecule has 0 aliphatic carbocycles. The number of nitrogens with one attached hydrogen (secondary N) is 11. The Balaban J connectivity index is 1.22. The summed E-state index contributed by atoms with van der Waals surface area (Å²) in [6.45, 7) is 14.4. The first-order valence-electron chi connectivity index (χ1n) is 38.3. The minimum Gasteiger partial charge on any atom is -0.481 e. The zero-order valence-corrected chi connectivity index (χ0v) is 65.8. The molecular formula is C78H113N15O15S2. The number of epoxide rings is 1. The molecule has 0 bridgehead atoms. The van der Waals surface area contributed by atoms with Gasteiger partial charge in [0.1, 0.15) is 60.7 Å². The molecule has 3 saturated heterocycles. The molecule has 32 heteroatoms. The molecule has 4 aromatic rings. The van der Waals surface area contributed by atoms with Gasteiger partial charge in [-0.2, -0.15) is 0 Å². The van der Waals surface area contributed by atoms with Crippen molar-refractivity contribution in [3.8, 4) is 0 Å². The summed E-state index contributed by atoms with van der Waals surface area (Å²) in [5, 5.41) is 49.5. The molecule has 1 aromatic heterocycles. The highest BCUT2D eigenvalue weighted by molar-refractivity contribution is 8.77. The molecule has 17 N–H and O–H groups in total. The summed E-state index contributed by atoms with van der Waals surface area (Å²) in [6.07, 6.45) is 3.07. The highest BCUT2D eigenvalue weighted by Crippen LogP contribution is 2.41. The molecule has 3 fully saturated rings. The lowest BCUT2D eigenvalue weighted by atomic mass is 9.84. The summed E-state index contributed by atoms with van der Waals surface area (Å²) < 4.78 is 5.30. The van der Waals surface area contributed by atoms with E-state index in [1.54, 1.807) is 75.9 Å². The summed E-state index contributed by atoms with van der Waals surface area (Å²) in [7, 11) is 2.35. The van der Waals surface area contributed by atoms with Gasteiger partial charge in [-0.05, 0) is 107 Å². The van der Waals surface area contributed by atoms with E-state index in [0.717, 1.165) is 18.4 Å². The number of aliphatic hydroxyl groups is 1. The van der Waals surface area contributed by atoms with Crippen LogP contribution in [0.15, 0.2) is 104 Å². The minimum absolute atomic E-state index is 0.00667. The Morgan fingerprint density at radius 3 is 1.94 bits per heavy atom. The van der Waals surface area contributed by atoms with Crippen molar-refractivity contribution in [3.05, 3.63) is 126 Å². The van der Waals surface area contributed by atoms with Crippen molar-refractivity contribution in [3.63, 3.8) is 0 Å². The first-order valence-corrected chi connectivity index (χ1v) is 40.6. The quantitative estimate of drug-likeness (QED) is 0.0179. The second kappa shape index (κ2) is 43.6. The number of likely N-dealkylation sites (tertiary alicyclic amines) is 1. The van der Waals surface area contributed by atoms with Crippen LogP contribution in [0.25, 0.3) is 0 Å². The number of primary amides is 1. The number of imidazole rings is 1. The van der Waals surface area contributed by atoms with Crippen LogP contribution in [0.4, 0.5) is 0 Å². The number of carbonyl (C=O) groups is 12. The van der Waals surface area contributed by atoms with Crippen LogP contribution in [0.5, 0.6) is 0 Å². The minimum atomic E-state index is -1.76. The maximum atomic E-state index is 16.1. The van der Waals surface area contributed by atoms with Crippen molar-refractivity contribution in [1.29, 1.82) is 0 Å². The number of aliphatic carboxylic acids is 1. The van der Waals surface area contributed by atoms with Gasteiger partial charge in [0.2, 0.25) is 65.0 Å². The molecule has 3 aromatic carbocycles. The van der Waals surface area contributed by atoms with E-state index in [2.05, 4.69) is 63.1 Å². The summed E-state index contributed by atoms with van der Waals surface area (Å²) in [5.41, 5.74) is 14.5. The van der Waals surface area contributed by atoms with Crippen LogP contribution in [0.2, 0.25) is 0 Å². The fourth-order valence-electron chi connectivity index (χ4n) is 13.7. The third-order valence-corrected chi connectivity index (χ3v) is 23.3. The number of amides is 11. The topological polar surface area (TPSA) is 462 Å². The highest BCUT2D eigenvalue weighted by Gasteiger charge is 2.53. The fraction of sp³-hybridized carbons (Fsp3) is 0.577. The Hall–Kier alpha value is -8.95. The number of carboxylic acids is 1. The van der Waals surface area contributed by atoms with Crippen LogP contribution in [0, 0.1) is 11.8 Å². The molecular weight excluding hydrogens is 1450 g/mol. The summed E-state index contributed by atoms with van der Waals surface area (Å²) in [4.78, 5) is 181. The molecule has 0 radical (unpaired) electrons. The van der Waals surface area contributed by atoms with Gasteiger partial charge in [-0.1, -0.05) is 173 Å². The standard InChI is InChI=1S/C78H113N15O15S2/c1-9-11-15-31-53-71(102)92-67(68(80)99)78(7,8)110-109-43-57(73(104)89-63(46(5)10-2)74(105)86-54(32-22-23-36-79)69(100)83-51(41-60(96)84-53)39-48-25-16-12-17-26-48)88-76-66(108-76)58-33-24-37-93(58)77(107)65(62(49-27-18-13-19-28-49)50-29-20-14-21-30-50)91-72(103)56(40-52-42-81-44-82-52)87-75(106)64(47(6)94)90-70(101)55(34-35-61(97)98)85-59(95)38-45(3)4/h12-14,16-21,25-30,42,44-47,51,53-58,62-67,76,88,94H,9-11,15,22-24,31-41,43,79H2,1-8H3,(H2,80,99)(H,81,82)(H,83,100)(H,84,96)(H,85,95)(H,86,105)(H,87,106)(H,89,104)(H,90,101)(H,91,103)(H,92,102)(H,97,98)/t46-,47+,51-,53+,54-,55-,56-,57-,58-,63-,64-,65-,66?,67+,76?/m0/s1. The Morgan fingerprint density at radius 1 is 0.727 bits per heavy atom. The molecule has 0 saturated carbocycles. The number of H-pyrrole nitrogens is 1. The van der Waals surface area contributed by atoms with E-state index < -0.39 is 179 Å². The van der Waals surface area contributed by atoms with Crippen molar-refractivity contribution in [2.24, 2.45) is 23.3 Å². The van der Waals surface area contributed by atoms with Gasteiger partial charge in [-0.25, -0.2) is 4.98 Å². The number of nitrogens with zero attached hydrogens (tertiary/aromatic N) is 2. The van der Waals surface area contributed by atoms with Crippen LogP contribution in [-0.4, -0.2) is 205 Å². The number of aromatic amines is 1. The van der Waals surface area contributed by atoms with Gasteiger partial charge in [0.25, 0.3) is 0 Å². The number of aromatic nitrogens is 2. The normalized spacial score (nSPS) is 23.2. The lowest BCUT2D eigenvalue weighted by Gasteiger charge is -2.35. The average Bonchev–Trinajstić information content (AvgIpc) is 1.61. The van der Waals surface area contributed by atoms with E-state index in [4.69, 9.17) is 16.2 Å². The van der Waals surface area contributed by atoms with E-state index in [-0.39, 0.29) is 63.2 Å². The van der Waals surface area contributed by atoms with E-state index in [1.807, 2.05) is 68.4 Å². The number of nitrogens with two attached hydrogens (primary N) is 2. The summed E-state index contributed by atoms with van der Waals surface area (Å²) in [5.74, 6) is -10.7. The van der Waals surface area contributed by atoms with Crippen molar-refractivity contribution >= 4 is 92.5 Å². The number of hydrogen-bond acceptors (Lipinski definition) is 19. The molecule has 3 aliphatic rings. The van der Waals surface area contributed by atoms with Gasteiger partial charge < -0.3 is 84.2 Å². The predicted molar refractivity (Wildman–Crippen MR) is 417 cm³/mol. The van der Waals surface area contributed by atoms with E-state index in [9.17, 15) is 53.4 Å². The molecule has 3 aliphatic heterocycles. The van der Waals surface area contributed by atoms with Gasteiger partial charge in [-0.3, -0.25) is 62.9 Å². The van der Waals surface area contributed by atoms with Gasteiger partial charge in [0, 0.05) is 66.6 Å². The summed E-state index contributed by atoms with van der Waals surface area (Å²) >= 11 is 0. The number of rotatable bonds is 35. The highest BCUT2D eigenvalue weighted by atomic mass is 33.1. The first kappa shape index (κ1) is 88.3. The molecule has 0 spiro atoms. The molecule has 4 heterocycles. The van der Waals surface area contributed by atoms with Crippen LogP contribution < -0.4 is 64.6 Å². The number of aliphatic hydroxyl groups excluding tert-OH is 1. The van der Waals surface area contributed by atoms with Crippen molar-refractivity contribution in [2.75, 3.05) is 18.8 Å². The maximum Gasteiger partial charge on any atom is 0.303 e. The smallest absolute Gasteiger partial charge is 0.303 e. The molecule has 11 amide bonds. The monoisotopic (exact) mass is 1560 g/mol. The van der Waals surface area contributed by atoms with E-state index >= 15 is 14.4 Å². The zero-order valence-electron chi connectivity index (χ0n) is 64.1. The molecule has 30 nitrogen and oxygen atoms in total. The molecule has 2 unspecified atom stereocenters. The van der Waals surface area contributed by atoms with Crippen molar-refractivity contribution in [1.82, 2.24) is 68.0 Å². The van der Waals surface area contributed by atoms with E-state index in [0.29, 0.717) is 61.9 Å². The number of benzene rings is 3. The molecule has 602 valence electrons. The van der Waals surface area contributed by atoms with E-state index in [1.165, 1.54) is 41.0 Å². The van der Waals surface area contributed by atoms with Crippen LogP contribution in [0.3, 0.4) is 0 Å². The average molecular weight is 1560 g/mol. The van der Waals surface area contributed by atoms with Gasteiger partial charge in [0.15, 0.2) is 0 Å². The Morgan fingerprint density at radius 2 is 1.35 bits per heavy atom. The van der Waals surface area contributed by atoms with Gasteiger partial charge in [0.05, 0.1) is 24.5 Å². The van der Waals surface area contributed by atoms with Crippen LogP contribution >= 0.6 is 21.6 Å². The maximum absolute atomic E-state index is 16.1. The number of ether oxygens (including phenoxy) is 1. The predicted octanol–water partition coefficient (Wildman–Crippen LogP) is 3.16.